The lowest BCUT2D eigenvalue weighted by molar-refractivity contribution is 0.0723. The van der Waals surface area contributed by atoms with Crippen LogP contribution in [0.3, 0.4) is 0 Å². The van der Waals surface area contributed by atoms with Crippen LogP contribution in [-0.4, -0.2) is 36.9 Å². The average molecular weight is 304 g/mol. The molecule has 1 aromatic rings. The van der Waals surface area contributed by atoms with Gasteiger partial charge >= 0.3 is 0 Å². The number of carbonyl (C=O) groups is 1. The van der Waals surface area contributed by atoms with Gasteiger partial charge in [-0.2, -0.15) is 0 Å². The number of ketones is 1. The van der Waals surface area contributed by atoms with Gasteiger partial charge in [-0.25, -0.2) is 4.39 Å². The van der Waals surface area contributed by atoms with Crippen molar-refractivity contribution in [2.45, 2.75) is 25.7 Å². The first-order valence-corrected chi connectivity index (χ1v) is 8.39. The fourth-order valence-corrected chi connectivity index (χ4v) is 3.75. The molecule has 2 unspecified atom stereocenters. The van der Waals surface area contributed by atoms with E-state index in [9.17, 15) is 9.18 Å². The van der Waals surface area contributed by atoms with Gasteiger partial charge in [0.15, 0.2) is 5.78 Å². The lowest BCUT2D eigenvalue weighted by Crippen LogP contribution is -2.44. The molecule has 0 spiro atoms. The van der Waals surface area contributed by atoms with Crippen LogP contribution in [0.25, 0.3) is 0 Å². The van der Waals surface area contributed by atoms with Crippen molar-refractivity contribution >= 4 is 5.78 Å². The van der Waals surface area contributed by atoms with Gasteiger partial charge in [-0.1, -0.05) is 0 Å². The van der Waals surface area contributed by atoms with Crippen LogP contribution >= 0.6 is 0 Å². The summed E-state index contributed by atoms with van der Waals surface area (Å²) in [6, 6.07) is 5.94. The van der Waals surface area contributed by atoms with Crippen LogP contribution in [0.2, 0.25) is 0 Å². The van der Waals surface area contributed by atoms with Crippen LogP contribution in [0, 0.1) is 23.6 Å². The molecule has 4 heteroatoms. The van der Waals surface area contributed by atoms with Gasteiger partial charge in [0.1, 0.15) is 5.82 Å². The van der Waals surface area contributed by atoms with Crippen LogP contribution in [-0.2, 0) is 0 Å². The molecular formula is C18H25FN2O. The third-order valence-corrected chi connectivity index (χ3v) is 5.46. The highest BCUT2D eigenvalue weighted by molar-refractivity contribution is 5.97. The number of likely N-dealkylation sites (tertiary alicyclic amines) is 1. The second-order valence-corrected chi connectivity index (χ2v) is 6.78. The number of carbonyl (C=O) groups excluding carboxylic acids is 1. The van der Waals surface area contributed by atoms with Crippen molar-refractivity contribution < 1.29 is 9.18 Å². The van der Waals surface area contributed by atoms with Crippen LogP contribution < -0.4 is 5.73 Å². The Balaban J connectivity index is 1.49. The minimum absolute atomic E-state index is 0.0911. The molecule has 1 saturated carbocycles. The van der Waals surface area contributed by atoms with E-state index >= 15 is 0 Å². The molecular weight excluding hydrogens is 279 g/mol. The Labute approximate surface area is 131 Å². The van der Waals surface area contributed by atoms with Crippen molar-refractivity contribution in [1.29, 1.82) is 0 Å². The second-order valence-electron chi connectivity index (χ2n) is 6.78. The van der Waals surface area contributed by atoms with E-state index in [2.05, 4.69) is 4.90 Å². The zero-order valence-corrected chi connectivity index (χ0v) is 13.0. The molecule has 0 amide bonds. The van der Waals surface area contributed by atoms with E-state index < -0.39 is 0 Å². The minimum Gasteiger partial charge on any atom is -0.330 e. The minimum atomic E-state index is -0.290. The Morgan fingerprint density at radius 2 is 1.73 bits per heavy atom. The number of hydrogen-bond donors (Lipinski definition) is 1. The van der Waals surface area contributed by atoms with Crippen molar-refractivity contribution in [3.05, 3.63) is 35.6 Å². The van der Waals surface area contributed by atoms with Crippen LogP contribution in [0.15, 0.2) is 24.3 Å². The lowest BCUT2D eigenvalue weighted by atomic mass is 9.73. The van der Waals surface area contributed by atoms with E-state index in [0.717, 1.165) is 44.9 Å². The van der Waals surface area contributed by atoms with Gasteiger partial charge in [0.2, 0.25) is 0 Å². The topological polar surface area (TPSA) is 46.3 Å². The van der Waals surface area contributed by atoms with Crippen LogP contribution in [0.1, 0.15) is 36.0 Å². The predicted molar refractivity (Wildman–Crippen MR) is 85.2 cm³/mol. The standard InChI is InChI=1S/C18H25FN2O/c19-17-5-3-13(4-6-17)18(22)14-7-9-21(10-8-14)12-16-2-1-15(16)11-20/h3-6,14-16H,1-2,7-12,20H2. The molecule has 22 heavy (non-hydrogen) atoms. The highest BCUT2D eigenvalue weighted by Crippen LogP contribution is 2.35. The third-order valence-electron chi connectivity index (χ3n) is 5.46. The summed E-state index contributed by atoms with van der Waals surface area (Å²) in [6.45, 7) is 3.93. The molecule has 1 aliphatic carbocycles. The Kier molecular flexibility index (Phi) is 4.89. The van der Waals surface area contributed by atoms with Crippen molar-refractivity contribution in [2.75, 3.05) is 26.2 Å². The highest BCUT2D eigenvalue weighted by atomic mass is 19.1. The Hall–Kier alpha value is -1.26. The largest absolute Gasteiger partial charge is 0.330 e. The van der Waals surface area contributed by atoms with Gasteiger partial charge in [0, 0.05) is 18.0 Å². The number of benzene rings is 1. The Bertz CT molecular complexity index is 506. The fraction of sp³-hybridized carbons (Fsp3) is 0.611. The maximum Gasteiger partial charge on any atom is 0.166 e. The van der Waals surface area contributed by atoms with Gasteiger partial charge < -0.3 is 10.6 Å². The van der Waals surface area contributed by atoms with E-state index in [-0.39, 0.29) is 17.5 Å². The van der Waals surface area contributed by atoms with Gasteiger partial charge in [-0.15, -0.1) is 0 Å². The van der Waals surface area contributed by atoms with Crippen molar-refractivity contribution in [1.82, 2.24) is 4.90 Å². The lowest BCUT2D eigenvalue weighted by Gasteiger charge is -2.41. The average Bonchev–Trinajstić information content (AvgIpc) is 2.53. The first-order chi connectivity index (χ1) is 10.7. The number of halogens is 1. The van der Waals surface area contributed by atoms with Crippen molar-refractivity contribution in [2.24, 2.45) is 23.5 Å². The SMILES string of the molecule is NCC1CCC1CN1CCC(C(=O)c2ccc(F)cc2)CC1. The highest BCUT2D eigenvalue weighted by Gasteiger charge is 2.33. The molecule has 3 nitrogen and oxygen atoms in total. The number of Topliss-reactive ketones (excluding diaryl/α,β-unsaturated/α-hetero) is 1. The monoisotopic (exact) mass is 304 g/mol. The summed E-state index contributed by atoms with van der Waals surface area (Å²) < 4.78 is 12.9. The summed E-state index contributed by atoms with van der Waals surface area (Å²) >= 11 is 0. The second kappa shape index (κ2) is 6.88. The van der Waals surface area contributed by atoms with Gasteiger partial charge in [0.25, 0.3) is 0 Å². The molecule has 1 aromatic carbocycles. The first-order valence-electron chi connectivity index (χ1n) is 8.39. The molecule has 0 aromatic heterocycles. The molecule has 2 aliphatic rings. The van der Waals surface area contributed by atoms with Gasteiger partial charge in [0.05, 0.1) is 0 Å². The number of nitrogens with two attached hydrogens (primary N) is 1. The number of piperidine rings is 1. The maximum atomic E-state index is 12.9. The predicted octanol–water partition coefficient (Wildman–Crippen LogP) is 2.71. The summed E-state index contributed by atoms with van der Waals surface area (Å²) in [5.41, 5.74) is 6.42. The van der Waals surface area contributed by atoms with Gasteiger partial charge in [-0.05, 0) is 81.4 Å². The van der Waals surface area contributed by atoms with E-state index in [1.807, 2.05) is 0 Å². The van der Waals surface area contributed by atoms with E-state index in [1.54, 1.807) is 12.1 Å². The molecule has 0 bridgehead atoms. The van der Waals surface area contributed by atoms with Crippen LogP contribution in [0.5, 0.6) is 0 Å². The number of nitrogens with zero attached hydrogens (tertiary/aromatic N) is 1. The van der Waals surface area contributed by atoms with E-state index in [0.29, 0.717) is 11.5 Å². The van der Waals surface area contributed by atoms with Gasteiger partial charge in [-0.3, -0.25) is 4.79 Å². The molecule has 1 aliphatic heterocycles. The number of rotatable bonds is 5. The smallest absolute Gasteiger partial charge is 0.166 e. The molecule has 0 radical (unpaired) electrons. The number of hydrogen-bond acceptors (Lipinski definition) is 3. The molecule has 120 valence electrons. The van der Waals surface area contributed by atoms with Crippen molar-refractivity contribution in [3.8, 4) is 0 Å². The maximum absolute atomic E-state index is 12.9. The molecule has 2 atom stereocenters. The normalized spacial score (nSPS) is 26.6. The Morgan fingerprint density at radius 1 is 1.09 bits per heavy atom. The summed E-state index contributed by atoms with van der Waals surface area (Å²) in [6.07, 6.45) is 4.41. The van der Waals surface area contributed by atoms with E-state index in [1.165, 1.54) is 25.0 Å². The van der Waals surface area contributed by atoms with Crippen molar-refractivity contribution in [3.63, 3.8) is 0 Å². The molecule has 2 fully saturated rings. The van der Waals surface area contributed by atoms with E-state index in [4.69, 9.17) is 5.73 Å². The summed E-state index contributed by atoms with van der Waals surface area (Å²) in [5, 5.41) is 0. The molecule has 1 saturated heterocycles. The molecule has 2 N–H and O–H groups in total. The summed E-state index contributed by atoms with van der Waals surface area (Å²) in [7, 11) is 0. The quantitative estimate of drug-likeness (QED) is 0.851. The zero-order valence-electron chi connectivity index (χ0n) is 13.0. The third kappa shape index (κ3) is 3.39. The fourth-order valence-electron chi connectivity index (χ4n) is 3.75. The molecule has 1 heterocycles. The zero-order chi connectivity index (χ0) is 15.5. The van der Waals surface area contributed by atoms with Crippen LogP contribution in [0.4, 0.5) is 4.39 Å². The molecule has 3 rings (SSSR count). The summed E-state index contributed by atoms with van der Waals surface area (Å²) in [4.78, 5) is 14.9. The Morgan fingerprint density at radius 3 is 2.27 bits per heavy atom. The summed E-state index contributed by atoms with van der Waals surface area (Å²) in [5.74, 6) is 1.44. The first kappa shape index (κ1) is 15.6.